The van der Waals surface area contributed by atoms with Gasteiger partial charge in [-0.3, -0.25) is 19.4 Å². The molecule has 7 N–H and O–H groups in total. The Labute approximate surface area is 407 Å². The molecule has 4 saturated heterocycles. The average molecular weight is 975 g/mol. The van der Waals surface area contributed by atoms with Crippen molar-refractivity contribution in [2.24, 2.45) is 23.7 Å². The normalized spacial score (nSPS) is 45.3. The van der Waals surface area contributed by atoms with E-state index in [0.717, 1.165) is 25.8 Å². The summed E-state index contributed by atoms with van der Waals surface area (Å²) in [7, 11) is 7.11. The van der Waals surface area contributed by atoms with Crippen LogP contribution in [0.1, 0.15) is 128 Å². The monoisotopic (exact) mass is 975 g/mol. The van der Waals surface area contributed by atoms with Crippen LogP contribution in [0.25, 0.3) is 0 Å². The van der Waals surface area contributed by atoms with Crippen LogP contribution < -0.4 is 5.32 Å². The molecule has 0 aromatic carbocycles. The summed E-state index contributed by atoms with van der Waals surface area (Å²) in [5, 5.41) is 73.8. The number of ether oxygens (including phenoxy) is 6. The van der Waals surface area contributed by atoms with Crippen LogP contribution in [-0.2, 0) is 38.0 Å². The van der Waals surface area contributed by atoms with E-state index < -0.39 is 120 Å². The summed E-state index contributed by atoms with van der Waals surface area (Å²) in [6, 6.07) is -2.10. The molecule has 0 aromatic rings. The Morgan fingerprint density at radius 3 is 2.18 bits per heavy atom. The average Bonchev–Trinajstić information content (AvgIpc) is 3.63. The highest BCUT2D eigenvalue weighted by molar-refractivity contribution is 5.82. The molecule has 4 aliphatic heterocycles. The molecule has 1 amide bonds. The number of aliphatic hydroxyl groups is 6. The van der Waals surface area contributed by atoms with Crippen LogP contribution in [-0.4, -0.2) is 214 Å². The summed E-state index contributed by atoms with van der Waals surface area (Å²) < 4.78 is 38.2. The van der Waals surface area contributed by atoms with Crippen LogP contribution in [0, 0.1) is 23.7 Å². The molecule has 0 aromatic heterocycles. The van der Waals surface area contributed by atoms with Gasteiger partial charge in [0.2, 0.25) is 5.91 Å². The SMILES string of the molecule is CCC[C@@H]1C[C@@H](C(=O)N[C@@H](CN(C)[C@H]2C[C@@H](C)O[C@@H](O[C@@H]3[C@@H](C)[C@H](O[C@H]4C[C@@](C)(OC)[C@@H](O)[C@H](C)O4)[C@@H](C)C(=O)O[C@H](CC)[C@@](C)(O)[C@@H](O)[C@@H](C)N(C)C[C@H](C)C[C@@]3(C)O)[C@@H]2O)[C@H](C)O)N(C)C1. The molecule has 4 aliphatic rings. The summed E-state index contributed by atoms with van der Waals surface area (Å²) in [6.45, 7) is 22.6. The van der Waals surface area contributed by atoms with E-state index in [9.17, 15) is 40.2 Å². The number of cyclic esters (lactones) is 1. The van der Waals surface area contributed by atoms with Crippen molar-refractivity contribution in [3.63, 3.8) is 0 Å². The number of carbonyl (C=O) groups is 2. The number of likely N-dealkylation sites (tertiary alicyclic amines) is 1. The molecule has 0 unspecified atom stereocenters. The lowest BCUT2D eigenvalue weighted by Crippen LogP contribution is -2.62. The van der Waals surface area contributed by atoms with E-state index in [1.54, 1.807) is 55.4 Å². The second kappa shape index (κ2) is 24.4. The van der Waals surface area contributed by atoms with Gasteiger partial charge in [0.05, 0.1) is 59.7 Å². The van der Waals surface area contributed by atoms with Crippen LogP contribution in [0.5, 0.6) is 0 Å². The van der Waals surface area contributed by atoms with Gasteiger partial charge in [-0.2, -0.15) is 0 Å². The summed E-state index contributed by atoms with van der Waals surface area (Å²) in [4.78, 5) is 34.0. The molecule has 68 heavy (non-hydrogen) atoms. The highest BCUT2D eigenvalue weighted by Gasteiger charge is 2.53. The smallest absolute Gasteiger partial charge is 0.311 e. The summed E-state index contributed by atoms with van der Waals surface area (Å²) in [5.74, 6) is -2.58. The third-order valence-electron chi connectivity index (χ3n) is 16.1. The number of hydrogen-bond donors (Lipinski definition) is 7. The van der Waals surface area contributed by atoms with E-state index >= 15 is 0 Å². The van der Waals surface area contributed by atoms with Crippen LogP contribution in [0.4, 0.5) is 0 Å². The number of esters is 1. The Bertz CT molecular complexity index is 1590. The van der Waals surface area contributed by atoms with Crippen LogP contribution in [0.3, 0.4) is 0 Å². The molecule has 18 heteroatoms. The molecular formula is C50H94N4O14. The summed E-state index contributed by atoms with van der Waals surface area (Å²) in [5.41, 5.74) is -4.59. The van der Waals surface area contributed by atoms with Gasteiger partial charge in [-0.1, -0.05) is 34.1 Å². The Kier molecular flexibility index (Phi) is 21.2. The predicted molar refractivity (Wildman–Crippen MR) is 256 cm³/mol. The fraction of sp³-hybridized carbons (Fsp3) is 0.960. The number of likely N-dealkylation sites (N-methyl/N-ethyl adjacent to an activating group) is 3. The highest BCUT2D eigenvalue weighted by Crippen LogP contribution is 2.40. The van der Waals surface area contributed by atoms with Crippen LogP contribution >= 0.6 is 0 Å². The molecule has 0 spiro atoms. The summed E-state index contributed by atoms with van der Waals surface area (Å²) >= 11 is 0. The van der Waals surface area contributed by atoms with Gasteiger partial charge in [0, 0.05) is 51.2 Å². The first-order chi connectivity index (χ1) is 31.5. The van der Waals surface area contributed by atoms with E-state index in [2.05, 4.69) is 17.1 Å². The number of rotatable bonds is 14. The van der Waals surface area contributed by atoms with Gasteiger partial charge in [0.15, 0.2) is 12.6 Å². The van der Waals surface area contributed by atoms with E-state index in [-0.39, 0.29) is 43.7 Å². The second-order valence-electron chi connectivity index (χ2n) is 22.3. The first-order valence-electron chi connectivity index (χ1n) is 25.5. The largest absolute Gasteiger partial charge is 0.459 e. The lowest BCUT2D eigenvalue weighted by Gasteiger charge is -2.49. The van der Waals surface area contributed by atoms with Crippen molar-refractivity contribution in [3.05, 3.63) is 0 Å². The zero-order valence-electron chi connectivity index (χ0n) is 44.3. The van der Waals surface area contributed by atoms with Gasteiger partial charge in [-0.25, -0.2) is 0 Å². The van der Waals surface area contributed by atoms with Crippen molar-refractivity contribution >= 4 is 11.9 Å². The number of methoxy groups -OCH3 is 1. The zero-order chi connectivity index (χ0) is 51.4. The van der Waals surface area contributed by atoms with Crippen LogP contribution in [0.2, 0.25) is 0 Å². The predicted octanol–water partition coefficient (Wildman–Crippen LogP) is 2.26. The van der Waals surface area contributed by atoms with Crippen molar-refractivity contribution < 1.29 is 68.6 Å². The third-order valence-corrected chi connectivity index (χ3v) is 16.1. The standard InChI is InChI=1S/C50H94N4O14/c1-17-19-34-21-37(53(14)25-34)45(59)51-35(32(8)55)26-54(15)36-20-28(4)64-47(40(36)56)68-44-29(5)41(67-39-23-49(11,63-16)43(58)33(9)65-39)30(6)46(60)66-38(18-2)50(12,62)42(57)31(7)52(13)24-27(3)22-48(44,10)61/h27-44,47,55-58,61-62H,17-26H2,1-16H3,(H,51,59)/t27-,28-,29+,30-,31-,32+,33+,34-,35+,36+,37+,38-,39+,40-,41+,42+,43+,44-,47+,48-,49-,50-/m1/s1. The van der Waals surface area contributed by atoms with Gasteiger partial charge in [-0.15, -0.1) is 0 Å². The molecule has 4 rings (SSSR count). The van der Waals surface area contributed by atoms with Gasteiger partial charge in [0.1, 0.15) is 30.0 Å². The molecule has 0 bridgehead atoms. The Hall–Kier alpha value is -1.62. The van der Waals surface area contributed by atoms with Gasteiger partial charge in [-0.05, 0) is 120 Å². The second-order valence-corrected chi connectivity index (χ2v) is 22.3. The van der Waals surface area contributed by atoms with E-state index in [0.29, 0.717) is 18.9 Å². The molecule has 18 nitrogen and oxygen atoms in total. The maximum atomic E-state index is 14.5. The number of amides is 1. The van der Waals surface area contributed by atoms with E-state index in [1.807, 2.05) is 44.8 Å². The van der Waals surface area contributed by atoms with Crippen molar-refractivity contribution in [1.29, 1.82) is 0 Å². The van der Waals surface area contributed by atoms with Crippen molar-refractivity contribution in [2.45, 2.75) is 237 Å². The topological polar surface area (TPSA) is 233 Å². The maximum absolute atomic E-state index is 14.5. The van der Waals surface area contributed by atoms with Gasteiger partial charge < -0.3 is 69.3 Å². The quantitative estimate of drug-likeness (QED) is 0.124. The fourth-order valence-corrected chi connectivity index (χ4v) is 11.7. The third kappa shape index (κ3) is 13.9. The number of hydrogen-bond acceptors (Lipinski definition) is 17. The minimum absolute atomic E-state index is 0.0856. The number of carbonyl (C=O) groups excluding carboxylic acids is 2. The first kappa shape index (κ1) is 58.9. The Morgan fingerprint density at radius 1 is 0.941 bits per heavy atom. The summed E-state index contributed by atoms with van der Waals surface area (Å²) in [6.07, 6.45) is -7.65. The molecule has 0 aliphatic carbocycles. The van der Waals surface area contributed by atoms with Crippen molar-refractivity contribution in [2.75, 3.05) is 47.9 Å². The van der Waals surface area contributed by atoms with E-state index in [1.165, 1.54) is 14.0 Å². The highest BCUT2D eigenvalue weighted by atomic mass is 16.7. The minimum Gasteiger partial charge on any atom is -0.459 e. The molecule has 22 atom stereocenters. The number of nitrogens with one attached hydrogen (secondary N) is 1. The molecule has 398 valence electrons. The van der Waals surface area contributed by atoms with Gasteiger partial charge in [0.25, 0.3) is 0 Å². The molecule has 0 radical (unpaired) electrons. The molecule has 4 heterocycles. The lowest BCUT2D eigenvalue weighted by molar-refractivity contribution is -0.318. The fourth-order valence-electron chi connectivity index (χ4n) is 11.7. The lowest BCUT2D eigenvalue weighted by atomic mass is 9.77. The molecule has 4 fully saturated rings. The van der Waals surface area contributed by atoms with Crippen molar-refractivity contribution in [3.8, 4) is 0 Å². The zero-order valence-corrected chi connectivity index (χ0v) is 44.3. The maximum Gasteiger partial charge on any atom is 0.311 e. The Balaban J connectivity index is 1.73. The first-order valence-corrected chi connectivity index (χ1v) is 25.5. The van der Waals surface area contributed by atoms with Crippen LogP contribution in [0.15, 0.2) is 0 Å². The molecular weight excluding hydrogens is 881 g/mol. The minimum atomic E-state index is -1.85. The van der Waals surface area contributed by atoms with Gasteiger partial charge >= 0.3 is 5.97 Å². The molecule has 0 saturated carbocycles. The van der Waals surface area contributed by atoms with E-state index in [4.69, 9.17) is 28.4 Å². The number of nitrogens with zero attached hydrogens (tertiary/aromatic N) is 3. The van der Waals surface area contributed by atoms with Crippen molar-refractivity contribution in [1.82, 2.24) is 20.0 Å². The number of aliphatic hydroxyl groups excluding tert-OH is 4. The Morgan fingerprint density at radius 2 is 1.59 bits per heavy atom.